The smallest absolute Gasteiger partial charge is 0.204 e. The number of aryl methyl sites for hydroxylation is 1. The van der Waals surface area contributed by atoms with Crippen LogP contribution in [0.5, 0.6) is 0 Å². The number of pyridine rings is 2. The monoisotopic (exact) mass is 437 g/mol. The highest BCUT2D eigenvalue weighted by molar-refractivity contribution is 6.10. The van der Waals surface area contributed by atoms with Crippen LogP contribution in [0, 0.1) is 5.92 Å². The summed E-state index contributed by atoms with van der Waals surface area (Å²) >= 11 is 0. The predicted molar refractivity (Wildman–Crippen MR) is 125 cm³/mol. The largest absolute Gasteiger partial charge is 0.438 e. The number of piperidine rings is 1. The molecule has 1 saturated heterocycles. The summed E-state index contributed by atoms with van der Waals surface area (Å²) in [6.07, 6.45) is 7.15. The lowest BCUT2D eigenvalue weighted by molar-refractivity contribution is -0.0258. The van der Waals surface area contributed by atoms with E-state index in [2.05, 4.69) is 21.8 Å². The maximum absolute atomic E-state index is 13.3. The number of ketones is 1. The molecule has 3 aromatic heterocycles. The lowest BCUT2D eigenvalue weighted by atomic mass is 9.80. The first-order valence-electron chi connectivity index (χ1n) is 11.1. The Bertz CT molecular complexity index is 1130. The van der Waals surface area contributed by atoms with Gasteiger partial charge >= 0.3 is 0 Å². The number of nitrogens with zero attached hydrogens (tertiary/aromatic N) is 3. The van der Waals surface area contributed by atoms with Crippen LogP contribution in [0.1, 0.15) is 48.7 Å². The molecule has 5 N–H and O–H groups in total. The Kier molecular flexibility index (Phi) is 5.92. The van der Waals surface area contributed by atoms with Gasteiger partial charge < -0.3 is 25.9 Å². The Morgan fingerprint density at radius 1 is 1.38 bits per heavy atom. The van der Waals surface area contributed by atoms with Crippen molar-refractivity contribution in [3.8, 4) is 0 Å². The second kappa shape index (κ2) is 8.52. The number of rotatable bonds is 6. The van der Waals surface area contributed by atoms with Crippen molar-refractivity contribution in [3.63, 3.8) is 0 Å². The van der Waals surface area contributed by atoms with E-state index in [1.807, 2.05) is 19.1 Å². The number of hydrogen-bond acceptors (Lipinski definition) is 8. The Morgan fingerprint density at radius 2 is 2.16 bits per heavy atom. The van der Waals surface area contributed by atoms with Crippen LogP contribution in [0.25, 0.3) is 11.1 Å². The third-order valence-corrected chi connectivity index (χ3v) is 6.66. The van der Waals surface area contributed by atoms with Crippen molar-refractivity contribution >= 4 is 28.5 Å². The molecule has 1 aliphatic heterocycles. The predicted octanol–water partition coefficient (Wildman–Crippen LogP) is 2.72. The lowest BCUT2D eigenvalue weighted by Crippen LogP contribution is -2.62. The summed E-state index contributed by atoms with van der Waals surface area (Å²) in [5.41, 5.74) is 15.4. The third-order valence-electron chi connectivity index (χ3n) is 6.66. The van der Waals surface area contributed by atoms with Crippen LogP contribution in [0.3, 0.4) is 0 Å². The Labute approximate surface area is 187 Å². The summed E-state index contributed by atoms with van der Waals surface area (Å²) in [4.78, 5) is 24.1. The highest BCUT2D eigenvalue weighted by Crippen LogP contribution is 2.33. The number of nitrogen functional groups attached to an aromatic ring is 1. The van der Waals surface area contributed by atoms with Crippen molar-refractivity contribution in [1.29, 1.82) is 0 Å². The van der Waals surface area contributed by atoms with E-state index in [1.165, 1.54) is 0 Å². The van der Waals surface area contributed by atoms with E-state index in [0.29, 0.717) is 29.8 Å². The Hall–Kier alpha value is -2.97. The van der Waals surface area contributed by atoms with Gasteiger partial charge in [-0.1, -0.05) is 20.3 Å². The van der Waals surface area contributed by atoms with Crippen molar-refractivity contribution < 1.29 is 14.3 Å². The standard InChI is InChI=1S/C24H31N5O3/c1-4-5-15-8-19-22(28-10-15)21(23(26)32-19)18(30)9-16-11-27-7-6-17(16)29-12-14(2)24(3,31)20(25)13-29/h6-8,10-11,14,20,31H,4-5,9,12-13,25-26H2,1-3H3/t14-,20+,24+/m0/s1. The van der Waals surface area contributed by atoms with Crippen LogP contribution in [-0.2, 0) is 12.8 Å². The number of carbonyl (C=O) groups excluding carboxylic acids is 1. The number of hydrogen-bond donors (Lipinski definition) is 3. The summed E-state index contributed by atoms with van der Waals surface area (Å²) in [6, 6.07) is 3.38. The zero-order valence-electron chi connectivity index (χ0n) is 18.8. The Balaban J connectivity index is 1.62. The molecule has 0 aromatic carbocycles. The van der Waals surface area contributed by atoms with Crippen molar-refractivity contribution in [3.05, 3.63) is 47.4 Å². The van der Waals surface area contributed by atoms with Gasteiger partial charge in [-0.3, -0.25) is 14.8 Å². The first-order chi connectivity index (χ1) is 15.2. The minimum absolute atomic E-state index is 0.0297. The fourth-order valence-corrected chi connectivity index (χ4v) is 4.43. The van der Waals surface area contributed by atoms with Gasteiger partial charge in [0.05, 0.1) is 11.6 Å². The third kappa shape index (κ3) is 3.96. The highest BCUT2D eigenvalue weighted by Gasteiger charge is 2.41. The SMILES string of the molecule is CCCc1cnc2c(C(=O)Cc3cnccc3N3C[C@@H](N)[C@](C)(O)[C@@H](C)C3)c(N)oc2c1. The minimum atomic E-state index is -0.939. The number of nitrogens with two attached hydrogens (primary N) is 2. The lowest BCUT2D eigenvalue weighted by Gasteiger charge is -2.46. The zero-order valence-corrected chi connectivity index (χ0v) is 18.8. The number of furan rings is 1. The molecule has 0 bridgehead atoms. The van der Waals surface area contributed by atoms with E-state index in [0.717, 1.165) is 29.7 Å². The molecule has 170 valence electrons. The molecule has 3 atom stereocenters. The van der Waals surface area contributed by atoms with Gasteiger partial charge in [-0.15, -0.1) is 0 Å². The molecule has 32 heavy (non-hydrogen) atoms. The molecule has 4 heterocycles. The van der Waals surface area contributed by atoms with Crippen molar-refractivity contribution in [2.45, 2.75) is 51.7 Å². The molecule has 8 nitrogen and oxygen atoms in total. The van der Waals surface area contributed by atoms with Crippen molar-refractivity contribution in [2.24, 2.45) is 11.7 Å². The summed E-state index contributed by atoms with van der Waals surface area (Å²) in [5.74, 6) is -0.119. The van der Waals surface area contributed by atoms with Gasteiger partial charge in [0.25, 0.3) is 0 Å². The van der Waals surface area contributed by atoms with E-state index in [-0.39, 0.29) is 24.0 Å². The molecule has 8 heteroatoms. The maximum atomic E-state index is 13.3. The average Bonchev–Trinajstić information content (AvgIpc) is 3.07. The van der Waals surface area contributed by atoms with Crippen LogP contribution in [0.2, 0.25) is 0 Å². The molecule has 0 saturated carbocycles. The van der Waals surface area contributed by atoms with Gasteiger partial charge in [-0.05, 0) is 31.0 Å². The molecule has 1 fully saturated rings. The van der Waals surface area contributed by atoms with E-state index >= 15 is 0 Å². The quantitative estimate of drug-likeness (QED) is 0.502. The van der Waals surface area contributed by atoms with Crippen LogP contribution in [0.4, 0.5) is 11.6 Å². The van der Waals surface area contributed by atoms with E-state index < -0.39 is 11.6 Å². The summed E-state index contributed by atoms with van der Waals surface area (Å²) in [5, 5.41) is 10.7. The second-order valence-electron chi connectivity index (χ2n) is 9.02. The topological polar surface area (TPSA) is 132 Å². The fraction of sp³-hybridized carbons (Fsp3) is 0.458. The summed E-state index contributed by atoms with van der Waals surface area (Å²) in [6.45, 7) is 6.97. The second-order valence-corrected chi connectivity index (χ2v) is 9.02. The molecule has 3 aromatic rings. The van der Waals surface area contributed by atoms with E-state index in [4.69, 9.17) is 15.9 Å². The molecule has 0 radical (unpaired) electrons. The average molecular weight is 438 g/mol. The number of aromatic nitrogens is 2. The summed E-state index contributed by atoms with van der Waals surface area (Å²) in [7, 11) is 0. The first-order valence-corrected chi connectivity index (χ1v) is 11.1. The van der Waals surface area contributed by atoms with Gasteiger partial charge in [0.1, 0.15) is 11.1 Å². The van der Waals surface area contributed by atoms with Gasteiger partial charge in [0, 0.05) is 55.3 Å². The van der Waals surface area contributed by atoms with Crippen molar-refractivity contribution in [1.82, 2.24) is 9.97 Å². The van der Waals surface area contributed by atoms with Gasteiger partial charge in [0.2, 0.25) is 5.88 Å². The normalized spacial score (nSPS) is 23.6. The maximum Gasteiger partial charge on any atom is 0.204 e. The molecule has 0 unspecified atom stereocenters. The summed E-state index contributed by atoms with van der Waals surface area (Å²) < 4.78 is 5.67. The van der Waals surface area contributed by atoms with Gasteiger partial charge in [-0.2, -0.15) is 0 Å². The van der Waals surface area contributed by atoms with Crippen LogP contribution in [0.15, 0.2) is 35.1 Å². The molecule has 0 amide bonds. The number of carbonyl (C=O) groups is 1. The van der Waals surface area contributed by atoms with Crippen LogP contribution >= 0.6 is 0 Å². The molecular weight excluding hydrogens is 406 g/mol. The van der Waals surface area contributed by atoms with E-state index in [9.17, 15) is 9.90 Å². The minimum Gasteiger partial charge on any atom is -0.438 e. The number of aliphatic hydroxyl groups is 1. The molecule has 1 aliphatic rings. The van der Waals surface area contributed by atoms with E-state index in [1.54, 1.807) is 25.5 Å². The molecular formula is C24H31N5O3. The molecule has 0 aliphatic carbocycles. The van der Waals surface area contributed by atoms with Crippen molar-refractivity contribution in [2.75, 3.05) is 23.7 Å². The van der Waals surface area contributed by atoms with Gasteiger partial charge in [-0.25, -0.2) is 0 Å². The number of fused-ring (bicyclic) bond motifs is 1. The number of anilines is 2. The molecule has 4 rings (SSSR count). The fourth-order valence-electron chi connectivity index (χ4n) is 4.43. The number of Topliss-reactive ketones (excluding diaryl/α,β-unsaturated/α-hetero) is 1. The highest BCUT2D eigenvalue weighted by atomic mass is 16.3. The first kappa shape index (κ1) is 22.2. The zero-order chi connectivity index (χ0) is 23.0. The van der Waals surface area contributed by atoms with Gasteiger partial charge in [0.15, 0.2) is 11.4 Å². The molecule has 0 spiro atoms. The van der Waals surface area contributed by atoms with Crippen LogP contribution in [-0.4, -0.2) is 45.6 Å². The Morgan fingerprint density at radius 3 is 2.88 bits per heavy atom. The van der Waals surface area contributed by atoms with Crippen LogP contribution < -0.4 is 16.4 Å².